The minimum atomic E-state index is -0.999. The third-order valence-corrected chi connectivity index (χ3v) is 3.23. The molecule has 1 N–H and O–H groups in total. The number of hydrogen-bond acceptors (Lipinski definition) is 4. The Morgan fingerprint density at radius 2 is 1.91 bits per heavy atom. The van der Waals surface area contributed by atoms with Gasteiger partial charge in [0.15, 0.2) is 0 Å². The quantitative estimate of drug-likeness (QED) is 0.847. The van der Waals surface area contributed by atoms with Gasteiger partial charge in [0.1, 0.15) is 22.8 Å². The number of ether oxygens (including phenoxy) is 2. The molecule has 0 aromatic heterocycles. The predicted octanol–water partition coefficient (Wildman–Crippen LogP) is 3.37. The van der Waals surface area contributed by atoms with E-state index in [4.69, 9.17) is 9.47 Å². The highest BCUT2D eigenvalue weighted by Crippen LogP contribution is 2.22. The van der Waals surface area contributed by atoms with Crippen LogP contribution in [-0.2, 0) is 9.47 Å². The van der Waals surface area contributed by atoms with E-state index in [1.54, 1.807) is 20.8 Å². The van der Waals surface area contributed by atoms with Crippen molar-refractivity contribution in [2.75, 3.05) is 25.1 Å². The number of halogens is 2. The van der Waals surface area contributed by atoms with Gasteiger partial charge >= 0.3 is 5.97 Å². The smallest absolute Gasteiger partial charge is 0.344 e. The van der Waals surface area contributed by atoms with Crippen molar-refractivity contribution in [1.82, 2.24) is 0 Å². The molecule has 1 saturated heterocycles. The largest absolute Gasteiger partial charge is 0.456 e. The summed E-state index contributed by atoms with van der Waals surface area (Å²) in [6, 6.07) is 2.22. The van der Waals surface area contributed by atoms with Crippen molar-refractivity contribution < 1.29 is 23.0 Å². The molecule has 6 heteroatoms. The lowest BCUT2D eigenvalue weighted by molar-refractivity contribution is -0.0337. The van der Waals surface area contributed by atoms with Gasteiger partial charge < -0.3 is 14.8 Å². The molecule has 0 unspecified atom stereocenters. The van der Waals surface area contributed by atoms with Crippen LogP contribution < -0.4 is 5.32 Å². The Hall–Kier alpha value is -1.69. The molecule has 1 aromatic carbocycles. The van der Waals surface area contributed by atoms with Gasteiger partial charge in [-0.1, -0.05) is 0 Å². The van der Waals surface area contributed by atoms with Crippen molar-refractivity contribution in [1.29, 1.82) is 0 Å². The Kier molecular flexibility index (Phi) is 5.01. The lowest BCUT2D eigenvalue weighted by Gasteiger charge is -2.26. The monoisotopic (exact) mass is 313 g/mol. The van der Waals surface area contributed by atoms with Gasteiger partial charge in [-0.25, -0.2) is 13.6 Å². The van der Waals surface area contributed by atoms with Gasteiger partial charge in [-0.3, -0.25) is 0 Å². The maximum Gasteiger partial charge on any atom is 0.344 e. The molecule has 122 valence electrons. The van der Waals surface area contributed by atoms with Gasteiger partial charge in [-0.2, -0.15) is 0 Å². The van der Waals surface area contributed by atoms with E-state index < -0.39 is 28.8 Å². The Labute approximate surface area is 128 Å². The first kappa shape index (κ1) is 16.7. The molecular formula is C16H21F2NO3. The van der Waals surface area contributed by atoms with Crippen LogP contribution in [0.25, 0.3) is 0 Å². The fraction of sp³-hybridized carbons (Fsp3) is 0.562. The third kappa shape index (κ3) is 4.40. The molecule has 2 rings (SSSR count). The number of esters is 1. The summed E-state index contributed by atoms with van der Waals surface area (Å²) in [5, 5.41) is 2.95. The molecule has 1 aliphatic heterocycles. The number of carbonyl (C=O) groups is 1. The summed E-state index contributed by atoms with van der Waals surface area (Å²) < 4.78 is 38.1. The van der Waals surface area contributed by atoms with E-state index >= 15 is 0 Å². The van der Waals surface area contributed by atoms with Crippen LogP contribution in [0.1, 0.15) is 37.6 Å². The van der Waals surface area contributed by atoms with Crippen LogP contribution in [0.3, 0.4) is 0 Å². The van der Waals surface area contributed by atoms with E-state index in [-0.39, 0.29) is 0 Å². The molecular weight excluding hydrogens is 292 g/mol. The van der Waals surface area contributed by atoms with Crippen LogP contribution in [0.4, 0.5) is 14.5 Å². The minimum Gasteiger partial charge on any atom is -0.456 e. The summed E-state index contributed by atoms with van der Waals surface area (Å²) >= 11 is 0. The van der Waals surface area contributed by atoms with Gasteiger partial charge in [0.25, 0.3) is 0 Å². The number of anilines is 1. The standard InChI is InChI=1S/C16H21F2NO3/c1-16(2,3)22-15(20)14-12(17)6-11(7-13(14)18)19-5-4-10-8-21-9-10/h6-7,10,19H,4-5,8-9H2,1-3H3. The van der Waals surface area contributed by atoms with E-state index in [0.717, 1.165) is 31.8 Å². The van der Waals surface area contributed by atoms with Gasteiger partial charge in [-0.15, -0.1) is 0 Å². The molecule has 4 nitrogen and oxygen atoms in total. The first-order valence-corrected chi connectivity index (χ1v) is 7.30. The Morgan fingerprint density at radius 3 is 2.36 bits per heavy atom. The highest BCUT2D eigenvalue weighted by atomic mass is 19.1. The van der Waals surface area contributed by atoms with E-state index in [0.29, 0.717) is 18.2 Å². The van der Waals surface area contributed by atoms with Crippen LogP contribution in [-0.4, -0.2) is 31.3 Å². The zero-order valence-electron chi connectivity index (χ0n) is 13.0. The second-order valence-corrected chi connectivity index (χ2v) is 6.44. The molecule has 1 aromatic rings. The fourth-order valence-corrected chi connectivity index (χ4v) is 2.07. The van der Waals surface area contributed by atoms with Gasteiger partial charge in [-0.05, 0) is 39.3 Å². The second kappa shape index (κ2) is 6.60. The molecule has 0 atom stereocenters. The zero-order valence-corrected chi connectivity index (χ0v) is 13.0. The second-order valence-electron chi connectivity index (χ2n) is 6.44. The molecule has 0 spiro atoms. The molecule has 0 radical (unpaired) electrons. The summed E-state index contributed by atoms with van der Waals surface area (Å²) in [4.78, 5) is 11.8. The van der Waals surface area contributed by atoms with Crippen LogP contribution >= 0.6 is 0 Å². The fourth-order valence-electron chi connectivity index (χ4n) is 2.07. The molecule has 1 fully saturated rings. The predicted molar refractivity (Wildman–Crippen MR) is 78.9 cm³/mol. The van der Waals surface area contributed by atoms with Crippen LogP contribution in [0.2, 0.25) is 0 Å². The summed E-state index contributed by atoms with van der Waals surface area (Å²) in [6.45, 7) is 6.99. The van der Waals surface area contributed by atoms with Crippen molar-refractivity contribution in [3.8, 4) is 0 Å². The maximum absolute atomic E-state index is 14.0. The first-order valence-electron chi connectivity index (χ1n) is 7.30. The number of nitrogens with one attached hydrogen (secondary N) is 1. The Balaban J connectivity index is 2.02. The lowest BCUT2D eigenvalue weighted by Crippen LogP contribution is -2.29. The summed E-state index contributed by atoms with van der Waals surface area (Å²) in [6.07, 6.45) is 0.872. The van der Waals surface area contributed by atoms with Crippen LogP contribution in [0.5, 0.6) is 0 Å². The average Bonchev–Trinajstić information content (AvgIpc) is 2.29. The molecule has 0 aliphatic carbocycles. The SMILES string of the molecule is CC(C)(C)OC(=O)c1c(F)cc(NCCC2COC2)cc1F. The van der Waals surface area contributed by atoms with Crippen molar-refractivity contribution in [3.63, 3.8) is 0 Å². The molecule has 0 amide bonds. The first-order chi connectivity index (χ1) is 10.3. The zero-order chi connectivity index (χ0) is 16.3. The Morgan fingerprint density at radius 1 is 1.32 bits per heavy atom. The lowest BCUT2D eigenvalue weighted by atomic mass is 10.0. The van der Waals surface area contributed by atoms with Crippen molar-refractivity contribution in [3.05, 3.63) is 29.3 Å². The van der Waals surface area contributed by atoms with Crippen molar-refractivity contribution >= 4 is 11.7 Å². The Bertz CT molecular complexity index is 528. The van der Waals surface area contributed by atoms with Crippen LogP contribution in [0.15, 0.2) is 12.1 Å². The molecule has 0 saturated carbocycles. The highest BCUT2D eigenvalue weighted by molar-refractivity contribution is 5.90. The maximum atomic E-state index is 14.0. The van der Waals surface area contributed by atoms with E-state index in [2.05, 4.69) is 5.32 Å². The van der Waals surface area contributed by atoms with Gasteiger partial charge in [0.2, 0.25) is 0 Å². The summed E-state index contributed by atoms with van der Waals surface area (Å²) in [5.41, 5.74) is -1.16. The topological polar surface area (TPSA) is 47.6 Å². The van der Waals surface area contributed by atoms with Crippen LogP contribution in [0, 0.1) is 17.6 Å². The summed E-state index contributed by atoms with van der Waals surface area (Å²) in [5.74, 6) is -2.35. The number of carbonyl (C=O) groups excluding carboxylic acids is 1. The number of hydrogen-bond donors (Lipinski definition) is 1. The summed E-state index contributed by atoms with van der Waals surface area (Å²) in [7, 11) is 0. The molecule has 22 heavy (non-hydrogen) atoms. The van der Waals surface area contributed by atoms with Gasteiger partial charge in [0, 0.05) is 18.2 Å². The van der Waals surface area contributed by atoms with Crippen molar-refractivity contribution in [2.24, 2.45) is 5.92 Å². The normalized spacial score (nSPS) is 15.3. The number of benzene rings is 1. The average molecular weight is 313 g/mol. The van der Waals surface area contributed by atoms with Crippen molar-refractivity contribution in [2.45, 2.75) is 32.8 Å². The third-order valence-electron chi connectivity index (χ3n) is 3.23. The molecule has 1 aliphatic rings. The van der Waals surface area contributed by atoms with E-state index in [1.165, 1.54) is 0 Å². The number of rotatable bonds is 5. The van der Waals surface area contributed by atoms with Gasteiger partial charge in [0.05, 0.1) is 13.2 Å². The molecule has 1 heterocycles. The highest BCUT2D eigenvalue weighted by Gasteiger charge is 2.25. The molecule has 0 bridgehead atoms. The van der Waals surface area contributed by atoms with E-state index in [9.17, 15) is 13.6 Å². The minimum absolute atomic E-state index is 0.308. The van der Waals surface area contributed by atoms with E-state index in [1.807, 2.05) is 0 Å².